The van der Waals surface area contributed by atoms with Crippen molar-refractivity contribution in [3.63, 3.8) is 0 Å². The van der Waals surface area contributed by atoms with Crippen LogP contribution in [-0.2, 0) is 18.9 Å². The van der Waals surface area contributed by atoms with E-state index in [1.807, 2.05) is 0 Å². The van der Waals surface area contributed by atoms with E-state index in [0.29, 0.717) is 13.2 Å². The van der Waals surface area contributed by atoms with E-state index >= 15 is 0 Å². The van der Waals surface area contributed by atoms with Gasteiger partial charge >= 0.3 is 0 Å². The molecule has 0 spiro atoms. The van der Waals surface area contributed by atoms with Crippen LogP contribution in [0.25, 0.3) is 0 Å². The van der Waals surface area contributed by atoms with Crippen molar-refractivity contribution in [2.75, 3.05) is 19.8 Å². The van der Waals surface area contributed by atoms with E-state index in [0.717, 1.165) is 58.0 Å². The molecule has 0 N–H and O–H groups in total. The molecule has 0 saturated heterocycles. The summed E-state index contributed by atoms with van der Waals surface area (Å²) in [4.78, 5) is 0. The first-order valence-corrected chi connectivity index (χ1v) is 15.1. The van der Waals surface area contributed by atoms with Crippen LogP contribution in [0.3, 0.4) is 0 Å². The van der Waals surface area contributed by atoms with Crippen LogP contribution < -0.4 is 0 Å². The molecule has 34 heavy (non-hydrogen) atoms. The lowest BCUT2D eigenvalue weighted by Gasteiger charge is -2.36. The van der Waals surface area contributed by atoms with Gasteiger partial charge in [0.15, 0.2) is 0 Å². The van der Waals surface area contributed by atoms with Gasteiger partial charge in [0.2, 0.25) is 0 Å². The summed E-state index contributed by atoms with van der Waals surface area (Å²) >= 11 is 0. The van der Waals surface area contributed by atoms with Gasteiger partial charge in [-0.1, -0.05) is 105 Å². The molecule has 0 heterocycles. The molecule has 0 radical (unpaired) electrons. The Balaban J connectivity index is 5.13. The van der Waals surface area contributed by atoms with Crippen molar-refractivity contribution in [2.24, 2.45) is 0 Å². The maximum atomic E-state index is 6.61. The smallest absolute Gasteiger partial charge is 0.283 e. The summed E-state index contributed by atoms with van der Waals surface area (Å²) in [6.45, 7) is 15.6. The number of hydrogen-bond donors (Lipinski definition) is 0. The van der Waals surface area contributed by atoms with Crippen molar-refractivity contribution in [1.82, 2.24) is 0 Å². The van der Waals surface area contributed by atoms with Gasteiger partial charge in [-0.2, -0.15) is 0 Å². The average Bonchev–Trinajstić information content (AvgIpc) is 2.82. The van der Waals surface area contributed by atoms with Crippen LogP contribution in [0.2, 0.25) is 0 Å². The van der Waals surface area contributed by atoms with Gasteiger partial charge in [0.05, 0.1) is 25.4 Å². The Morgan fingerprint density at radius 1 is 0.529 bits per heavy atom. The minimum absolute atomic E-state index is 0.139. The van der Waals surface area contributed by atoms with Crippen LogP contribution in [0.5, 0.6) is 0 Å². The minimum Gasteiger partial charge on any atom is -0.378 e. The summed E-state index contributed by atoms with van der Waals surface area (Å²) in [7, 11) is 0. The molecule has 0 aliphatic rings. The van der Waals surface area contributed by atoms with Gasteiger partial charge in [0.25, 0.3) is 5.97 Å². The molecule has 0 aromatic heterocycles. The number of unbranched alkanes of at least 4 members (excludes halogenated alkanes) is 9. The van der Waals surface area contributed by atoms with Gasteiger partial charge in [-0.25, -0.2) is 0 Å². The van der Waals surface area contributed by atoms with E-state index in [-0.39, 0.29) is 12.2 Å². The third kappa shape index (κ3) is 19.1. The zero-order chi connectivity index (χ0) is 25.3. The molecule has 0 aliphatic carbocycles. The van der Waals surface area contributed by atoms with Crippen molar-refractivity contribution < 1.29 is 18.9 Å². The third-order valence-corrected chi connectivity index (χ3v) is 6.48. The van der Waals surface area contributed by atoms with Gasteiger partial charge in [-0.3, -0.25) is 0 Å². The highest BCUT2D eigenvalue weighted by Crippen LogP contribution is 2.28. The Kier molecular flexibility index (Phi) is 24.4. The molecule has 4 nitrogen and oxygen atoms in total. The van der Waals surface area contributed by atoms with E-state index in [2.05, 4.69) is 41.5 Å². The Hall–Kier alpha value is -0.160. The van der Waals surface area contributed by atoms with E-state index in [1.165, 1.54) is 64.2 Å². The largest absolute Gasteiger partial charge is 0.378 e. The quantitative estimate of drug-likeness (QED) is 0.0855. The molecule has 0 rings (SSSR count). The zero-order valence-corrected chi connectivity index (χ0v) is 24.1. The fourth-order valence-electron chi connectivity index (χ4n) is 4.29. The highest BCUT2D eigenvalue weighted by atomic mass is 16.9. The number of ether oxygens (including phenoxy) is 4. The second-order valence-corrected chi connectivity index (χ2v) is 10.1. The summed E-state index contributed by atoms with van der Waals surface area (Å²) in [5.74, 6) is -0.911. The monoisotopic (exact) mass is 486 g/mol. The summed E-state index contributed by atoms with van der Waals surface area (Å²) < 4.78 is 25.8. The summed E-state index contributed by atoms with van der Waals surface area (Å²) in [5, 5.41) is 0. The van der Waals surface area contributed by atoms with Gasteiger partial charge in [-0.15, -0.1) is 0 Å². The molecule has 4 heteroatoms. The topological polar surface area (TPSA) is 36.9 Å². The molecular weight excluding hydrogens is 424 g/mol. The van der Waals surface area contributed by atoms with Crippen LogP contribution in [0.1, 0.15) is 157 Å². The molecule has 3 unspecified atom stereocenters. The van der Waals surface area contributed by atoms with Crippen LogP contribution >= 0.6 is 0 Å². The summed E-state index contributed by atoms with van der Waals surface area (Å²) in [5.41, 5.74) is 0. The van der Waals surface area contributed by atoms with Gasteiger partial charge in [0, 0.05) is 13.0 Å². The molecule has 0 saturated carbocycles. The highest BCUT2D eigenvalue weighted by Gasteiger charge is 2.35. The third-order valence-electron chi connectivity index (χ3n) is 6.48. The SMILES string of the molecule is CCCCCCC(OCCCCC)(OCCC(CCC)OCCCCC)OC(C)CCCCC. The molecule has 0 amide bonds. The molecule has 0 fully saturated rings. The minimum atomic E-state index is -0.911. The molecule has 0 aromatic rings. The first kappa shape index (κ1) is 33.8. The Morgan fingerprint density at radius 3 is 1.76 bits per heavy atom. The predicted octanol–water partition coefficient (Wildman–Crippen LogP) is 9.59. The molecule has 0 aromatic carbocycles. The second-order valence-electron chi connectivity index (χ2n) is 10.1. The van der Waals surface area contributed by atoms with Crippen molar-refractivity contribution in [2.45, 2.75) is 175 Å². The van der Waals surface area contributed by atoms with Gasteiger partial charge in [-0.05, 0) is 45.4 Å². The van der Waals surface area contributed by atoms with Crippen molar-refractivity contribution in [3.05, 3.63) is 0 Å². The fraction of sp³-hybridized carbons (Fsp3) is 1.00. The molecule has 0 aliphatic heterocycles. The Labute approximate surface area is 214 Å². The number of hydrogen-bond acceptors (Lipinski definition) is 4. The average molecular weight is 487 g/mol. The molecule has 3 atom stereocenters. The van der Waals surface area contributed by atoms with Crippen molar-refractivity contribution in [1.29, 1.82) is 0 Å². The predicted molar refractivity (Wildman–Crippen MR) is 146 cm³/mol. The summed E-state index contributed by atoms with van der Waals surface area (Å²) in [6.07, 6.45) is 20.9. The Morgan fingerprint density at radius 2 is 1.12 bits per heavy atom. The molecule has 0 bridgehead atoms. The van der Waals surface area contributed by atoms with E-state index in [9.17, 15) is 0 Å². The standard InChI is InChI=1S/C30H62O4/c1-7-12-16-18-24-30(32-26-20-15-10-4,34-28(6)22-17-13-8-2)33-27-23-29(21-11-5)31-25-19-14-9-3/h28-29H,7-27H2,1-6H3. The van der Waals surface area contributed by atoms with Gasteiger partial charge in [0.1, 0.15) is 0 Å². The highest BCUT2D eigenvalue weighted by molar-refractivity contribution is 4.66. The van der Waals surface area contributed by atoms with E-state index in [4.69, 9.17) is 18.9 Å². The zero-order valence-electron chi connectivity index (χ0n) is 24.1. The maximum Gasteiger partial charge on any atom is 0.283 e. The van der Waals surface area contributed by atoms with Crippen LogP contribution in [-0.4, -0.2) is 38.0 Å². The van der Waals surface area contributed by atoms with Crippen LogP contribution in [0.15, 0.2) is 0 Å². The Bertz CT molecular complexity index is 389. The molecule has 206 valence electrons. The van der Waals surface area contributed by atoms with E-state index < -0.39 is 5.97 Å². The van der Waals surface area contributed by atoms with E-state index in [1.54, 1.807) is 0 Å². The van der Waals surface area contributed by atoms with Crippen molar-refractivity contribution in [3.8, 4) is 0 Å². The second kappa shape index (κ2) is 24.5. The fourth-order valence-corrected chi connectivity index (χ4v) is 4.29. The normalized spacial score (nSPS) is 15.4. The lowest BCUT2D eigenvalue weighted by molar-refractivity contribution is -0.396. The first-order chi connectivity index (χ1) is 16.6. The number of rotatable bonds is 27. The lowest BCUT2D eigenvalue weighted by atomic mass is 10.1. The first-order valence-electron chi connectivity index (χ1n) is 15.1. The van der Waals surface area contributed by atoms with Gasteiger partial charge < -0.3 is 18.9 Å². The maximum absolute atomic E-state index is 6.61. The lowest BCUT2D eigenvalue weighted by Crippen LogP contribution is -2.43. The summed E-state index contributed by atoms with van der Waals surface area (Å²) in [6, 6.07) is 0. The van der Waals surface area contributed by atoms with Crippen molar-refractivity contribution >= 4 is 0 Å². The van der Waals surface area contributed by atoms with Crippen LogP contribution in [0.4, 0.5) is 0 Å². The molecular formula is C30H62O4. The van der Waals surface area contributed by atoms with Crippen LogP contribution in [0, 0.1) is 0 Å².